The fourth-order valence-electron chi connectivity index (χ4n) is 3.18. The van der Waals surface area contributed by atoms with Crippen LogP contribution >= 0.6 is 11.6 Å². The summed E-state index contributed by atoms with van der Waals surface area (Å²) >= 11 is 5.86. The molecule has 1 aliphatic heterocycles. The lowest BCUT2D eigenvalue weighted by Gasteiger charge is -2.23. The van der Waals surface area contributed by atoms with Gasteiger partial charge in [0.25, 0.3) is 0 Å². The van der Waals surface area contributed by atoms with Crippen molar-refractivity contribution >= 4 is 17.5 Å². The lowest BCUT2D eigenvalue weighted by atomic mass is 10.2. The molecule has 3 rings (SSSR count). The summed E-state index contributed by atoms with van der Waals surface area (Å²) in [5.41, 5.74) is 0.570. The van der Waals surface area contributed by atoms with Gasteiger partial charge >= 0.3 is 6.61 Å². The highest BCUT2D eigenvalue weighted by Crippen LogP contribution is 2.23. The number of carbonyl (C=O) groups excluding carboxylic acids is 1. The Morgan fingerprint density at radius 1 is 1.03 bits per heavy atom. The molecular weight excluding hydrogens is 402 g/mol. The van der Waals surface area contributed by atoms with E-state index in [1.807, 2.05) is 12.1 Å². The Balaban J connectivity index is 1.51. The highest BCUT2D eigenvalue weighted by molar-refractivity contribution is 6.30. The van der Waals surface area contributed by atoms with Crippen LogP contribution in [0.15, 0.2) is 48.5 Å². The molecule has 1 heterocycles. The summed E-state index contributed by atoms with van der Waals surface area (Å²) < 4.78 is 35.5. The van der Waals surface area contributed by atoms with Gasteiger partial charge in [-0.05, 0) is 30.3 Å². The van der Waals surface area contributed by atoms with Crippen LogP contribution in [0.1, 0.15) is 12.0 Å². The van der Waals surface area contributed by atoms with E-state index in [0.29, 0.717) is 49.8 Å². The molecule has 0 bridgehead atoms. The number of halogens is 3. The molecule has 1 aliphatic rings. The standard InChI is InChI=1S/C21H23ClF2N2O3/c22-17-5-7-18(8-6-17)28-14-13-25-10-9-20(27)26(12-11-25)15-16-3-1-2-4-19(16)29-21(23)24/h1-8,21H,9-15H2. The van der Waals surface area contributed by atoms with E-state index in [1.54, 1.807) is 35.2 Å². The van der Waals surface area contributed by atoms with Gasteiger partial charge in [-0.2, -0.15) is 8.78 Å². The van der Waals surface area contributed by atoms with Gasteiger partial charge in [0.05, 0.1) is 0 Å². The minimum Gasteiger partial charge on any atom is -0.492 e. The Kier molecular flexibility index (Phi) is 7.66. The van der Waals surface area contributed by atoms with Crippen molar-refractivity contribution in [2.75, 3.05) is 32.8 Å². The van der Waals surface area contributed by atoms with Gasteiger partial charge in [0, 0.05) is 49.7 Å². The van der Waals surface area contributed by atoms with Crippen molar-refractivity contribution < 1.29 is 23.0 Å². The Bertz CT molecular complexity index is 805. The first-order valence-corrected chi connectivity index (χ1v) is 9.80. The molecule has 0 N–H and O–H groups in total. The molecule has 0 unspecified atom stereocenters. The predicted molar refractivity (Wildman–Crippen MR) is 106 cm³/mol. The van der Waals surface area contributed by atoms with Gasteiger partial charge in [0.1, 0.15) is 18.1 Å². The maximum Gasteiger partial charge on any atom is 0.387 e. The molecule has 1 saturated heterocycles. The second-order valence-corrected chi connectivity index (χ2v) is 7.13. The largest absolute Gasteiger partial charge is 0.492 e. The van der Waals surface area contributed by atoms with Crippen LogP contribution in [0.25, 0.3) is 0 Å². The number of rotatable bonds is 8. The van der Waals surface area contributed by atoms with Crippen LogP contribution in [-0.2, 0) is 11.3 Å². The summed E-state index contributed by atoms with van der Waals surface area (Å²) in [5, 5.41) is 0.656. The van der Waals surface area contributed by atoms with Crippen LogP contribution in [0, 0.1) is 0 Å². The molecule has 0 spiro atoms. The fourth-order valence-corrected chi connectivity index (χ4v) is 3.30. The van der Waals surface area contributed by atoms with Gasteiger partial charge in [0.15, 0.2) is 0 Å². The molecule has 1 amide bonds. The number of hydrogen-bond acceptors (Lipinski definition) is 4. The van der Waals surface area contributed by atoms with E-state index in [4.69, 9.17) is 16.3 Å². The zero-order valence-corrected chi connectivity index (χ0v) is 16.7. The molecule has 2 aromatic rings. The van der Waals surface area contributed by atoms with E-state index >= 15 is 0 Å². The lowest BCUT2D eigenvalue weighted by Crippen LogP contribution is -2.34. The average molecular weight is 425 g/mol. The minimum absolute atomic E-state index is 0.00188. The number of amides is 1. The topological polar surface area (TPSA) is 42.0 Å². The van der Waals surface area contributed by atoms with Crippen LogP contribution in [-0.4, -0.2) is 55.1 Å². The Morgan fingerprint density at radius 2 is 1.79 bits per heavy atom. The van der Waals surface area contributed by atoms with Crippen LogP contribution in [0.5, 0.6) is 11.5 Å². The third-order valence-electron chi connectivity index (χ3n) is 4.72. The van der Waals surface area contributed by atoms with Crippen molar-refractivity contribution in [3.8, 4) is 11.5 Å². The van der Waals surface area contributed by atoms with E-state index in [2.05, 4.69) is 9.64 Å². The SMILES string of the molecule is O=C1CCN(CCOc2ccc(Cl)cc2)CCN1Cc1ccccc1OC(F)F. The molecule has 0 radical (unpaired) electrons. The Hall–Kier alpha value is -2.38. The molecule has 1 fully saturated rings. The van der Waals surface area contributed by atoms with E-state index in [1.165, 1.54) is 6.07 Å². The highest BCUT2D eigenvalue weighted by Gasteiger charge is 2.22. The van der Waals surface area contributed by atoms with E-state index in [9.17, 15) is 13.6 Å². The molecule has 5 nitrogen and oxygen atoms in total. The summed E-state index contributed by atoms with van der Waals surface area (Å²) in [6.07, 6.45) is 0.374. The summed E-state index contributed by atoms with van der Waals surface area (Å²) in [5.74, 6) is 0.850. The second kappa shape index (κ2) is 10.4. The molecular formula is C21H23ClF2N2O3. The molecule has 156 valence electrons. The summed E-state index contributed by atoms with van der Waals surface area (Å²) in [6, 6.07) is 13.7. The normalized spacial score (nSPS) is 15.4. The van der Waals surface area contributed by atoms with Crippen LogP contribution in [0.4, 0.5) is 8.78 Å². The number of carbonyl (C=O) groups is 1. The van der Waals surface area contributed by atoms with Crippen molar-refractivity contribution in [3.05, 3.63) is 59.1 Å². The highest BCUT2D eigenvalue weighted by atomic mass is 35.5. The van der Waals surface area contributed by atoms with Gasteiger partial charge in [0.2, 0.25) is 5.91 Å². The van der Waals surface area contributed by atoms with Gasteiger partial charge in [-0.3, -0.25) is 9.69 Å². The first-order valence-electron chi connectivity index (χ1n) is 9.42. The van der Waals surface area contributed by atoms with Gasteiger partial charge < -0.3 is 14.4 Å². The third-order valence-corrected chi connectivity index (χ3v) is 4.97. The van der Waals surface area contributed by atoms with E-state index in [0.717, 1.165) is 5.75 Å². The molecule has 8 heteroatoms. The smallest absolute Gasteiger partial charge is 0.387 e. The predicted octanol–water partition coefficient (Wildman–Crippen LogP) is 4.05. The number of para-hydroxylation sites is 1. The van der Waals surface area contributed by atoms with Gasteiger partial charge in [-0.25, -0.2) is 0 Å². The Morgan fingerprint density at radius 3 is 2.55 bits per heavy atom. The first-order chi connectivity index (χ1) is 14.0. The summed E-state index contributed by atoms with van der Waals surface area (Å²) in [6.45, 7) is 0.379. The maximum atomic E-state index is 12.6. The second-order valence-electron chi connectivity index (χ2n) is 6.70. The lowest BCUT2D eigenvalue weighted by molar-refractivity contribution is -0.131. The monoisotopic (exact) mass is 424 g/mol. The van der Waals surface area contributed by atoms with Crippen molar-refractivity contribution in [2.24, 2.45) is 0 Å². The number of benzene rings is 2. The van der Waals surface area contributed by atoms with Gasteiger partial charge in [-0.15, -0.1) is 0 Å². The molecule has 2 aromatic carbocycles. The summed E-state index contributed by atoms with van der Waals surface area (Å²) in [7, 11) is 0. The zero-order chi connectivity index (χ0) is 20.6. The average Bonchev–Trinajstić information content (AvgIpc) is 2.87. The zero-order valence-electron chi connectivity index (χ0n) is 15.9. The van der Waals surface area contributed by atoms with Crippen molar-refractivity contribution in [1.29, 1.82) is 0 Å². The number of alkyl halides is 2. The van der Waals surface area contributed by atoms with Crippen LogP contribution < -0.4 is 9.47 Å². The molecule has 29 heavy (non-hydrogen) atoms. The van der Waals surface area contributed by atoms with Crippen molar-refractivity contribution in [3.63, 3.8) is 0 Å². The van der Waals surface area contributed by atoms with E-state index in [-0.39, 0.29) is 18.2 Å². The quantitative estimate of drug-likeness (QED) is 0.641. The van der Waals surface area contributed by atoms with Crippen LogP contribution in [0.2, 0.25) is 5.02 Å². The van der Waals surface area contributed by atoms with Gasteiger partial charge in [-0.1, -0.05) is 29.8 Å². The first kappa shape index (κ1) is 21.3. The van der Waals surface area contributed by atoms with Crippen molar-refractivity contribution in [1.82, 2.24) is 9.80 Å². The summed E-state index contributed by atoms with van der Waals surface area (Å²) in [4.78, 5) is 16.3. The molecule has 0 aliphatic carbocycles. The minimum atomic E-state index is -2.90. The van der Waals surface area contributed by atoms with E-state index < -0.39 is 6.61 Å². The van der Waals surface area contributed by atoms with Crippen LogP contribution in [0.3, 0.4) is 0 Å². The molecule has 0 atom stereocenters. The maximum absolute atomic E-state index is 12.6. The van der Waals surface area contributed by atoms with Crippen molar-refractivity contribution in [2.45, 2.75) is 19.6 Å². The number of nitrogens with zero attached hydrogens (tertiary/aromatic N) is 2. The third kappa shape index (κ3) is 6.58. The fraction of sp³-hybridized carbons (Fsp3) is 0.381. The Labute approximate surface area is 173 Å². The number of hydrogen-bond donors (Lipinski definition) is 0. The number of ether oxygens (including phenoxy) is 2. The molecule has 0 saturated carbocycles. The molecule has 0 aromatic heterocycles.